The van der Waals surface area contributed by atoms with Gasteiger partial charge in [-0.1, -0.05) is 118 Å². The van der Waals surface area contributed by atoms with Crippen molar-refractivity contribution in [3.8, 4) is 0 Å². The van der Waals surface area contributed by atoms with Crippen LogP contribution < -0.4 is 16.0 Å². The molecule has 0 aliphatic rings. The van der Waals surface area contributed by atoms with Gasteiger partial charge in [0.1, 0.15) is 33.0 Å². The van der Waals surface area contributed by atoms with Crippen LogP contribution in [0.1, 0.15) is 86.3 Å². The number of alkyl carbamates (subject to hydrolysis) is 3. The molecule has 90 heavy (non-hydrogen) atoms. The van der Waals surface area contributed by atoms with Crippen molar-refractivity contribution in [1.29, 1.82) is 0 Å². The molecule has 0 bridgehead atoms. The minimum Gasteiger partial charge on any atom is -0.481 e. The zero-order valence-electron chi connectivity index (χ0n) is 51.6. The van der Waals surface area contributed by atoms with Gasteiger partial charge in [-0.2, -0.15) is 9.78 Å². The third kappa shape index (κ3) is 37.9. The predicted octanol–water partition coefficient (Wildman–Crippen LogP) is 7.76. The van der Waals surface area contributed by atoms with Crippen molar-refractivity contribution in [2.24, 2.45) is 31.7 Å². The maximum Gasteiger partial charge on any atom is 0.409 e. The Bertz CT molecular complexity index is 2600. The number of nitrogens with zero attached hydrogens (tertiary/aromatic N) is 3. The number of carbonyl (C=O) groups excluding carboxylic acids is 5. The summed E-state index contributed by atoms with van der Waals surface area (Å²) in [7, 11) is 0. The number of allylic oxidation sites excluding steroid dienone is 2. The fraction of sp³-hybridized carbons (Fsp3) is 0.435. The van der Waals surface area contributed by atoms with E-state index < -0.39 is 41.0 Å². The number of aryl methyl sites for hydroxylation is 1. The van der Waals surface area contributed by atoms with E-state index in [1.807, 2.05) is 93.6 Å². The topological polar surface area (TPSA) is 379 Å². The molecule has 3 aromatic rings. The number of ether oxygens (including phenoxy) is 3. The molecule has 0 spiro atoms. The normalized spacial score (nSPS) is 11.3. The minimum absolute atomic E-state index is 0. The maximum atomic E-state index is 12.3. The summed E-state index contributed by atoms with van der Waals surface area (Å²) < 4.78 is 15.2. The molecule has 0 aromatic heterocycles. The van der Waals surface area contributed by atoms with Crippen LogP contribution in [0.3, 0.4) is 0 Å². The number of nitrogens with one attached hydrogen (secondary N) is 3. The van der Waals surface area contributed by atoms with E-state index in [1.54, 1.807) is 19.1 Å². The Kier molecular flexibility index (Phi) is 45.3. The molecule has 0 saturated heterocycles. The lowest BCUT2D eigenvalue weighted by molar-refractivity contribution is -0.337. The van der Waals surface area contributed by atoms with E-state index in [0.29, 0.717) is 39.0 Å². The van der Waals surface area contributed by atoms with E-state index in [2.05, 4.69) is 66.9 Å². The second-order valence-corrected chi connectivity index (χ2v) is 19.3. The van der Waals surface area contributed by atoms with Crippen molar-refractivity contribution in [2.75, 3.05) is 66.2 Å². The van der Waals surface area contributed by atoms with Crippen LogP contribution in [0, 0.1) is 23.7 Å². The van der Waals surface area contributed by atoms with Crippen molar-refractivity contribution in [3.63, 3.8) is 0 Å². The number of ketones is 2. The Labute approximate surface area is 524 Å². The van der Waals surface area contributed by atoms with Gasteiger partial charge in [-0.25, -0.2) is 33.9 Å². The van der Waals surface area contributed by atoms with Gasteiger partial charge in [0.2, 0.25) is 26.0 Å². The van der Waals surface area contributed by atoms with Gasteiger partial charge in [-0.15, -0.1) is 18.0 Å². The zero-order valence-corrected chi connectivity index (χ0v) is 51.6. The molecule has 0 saturated carbocycles. The van der Waals surface area contributed by atoms with Crippen molar-refractivity contribution in [2.45, 2.75) is 92.5 Å². The highest BCUT2D eigenvalue weighted by Gasteiger charge is 2.34. The first-order valence-electron chi connectivity index (χ1n) is 28.0. The summed E-state index contributed by atoms with van der Waals surface area (Å²) in [5.74, 6) is -2.45. The standard InChI is InChI=1S/C36H45N3O10.C26H39N3O10.2H2O/c1-5-32(40)18-36(7-3,19-33(41)6-2)24-47-49-26-38-21-29-12-14-30(15-13-29)22-39-35(44)45-17-16-31(34(42)43)23-46-48-25-37-20-28-10-8-27(4)9-11-28;1-5-13-34-36-18-26(7-3,19-37-35-14-6-2)17-32-25(31)29-16-23-11-9-22(10-12-23)15-27-20-38-39-21-33-24(30)28-8-4;;/h5-6,8-15,25-26,31H,1-2,7,16-24H2,3-4H3,(H,39,44)(H,42,43);5-6,9-12,20H,1-2,7-8,13-19,21H2,3-4H3,(H,28,30)(H,29,31);2*1H2. The largest absolute Gasteiger partial charge is 0.481 e. The lowest BCUT2D eigenvalue weighted by Crippen LogP contribution is -2.39. The molecule has 0 aliphatic heterocycles. The SMILES string of the molecule is C=CC(=O)CC(CC)(COOC=NCc1ccc(CNC(=O)OCCC(COOC=NCc2ccc(C)cc2)C(=O)O)cc1)CC(=O)C=C.C=CCOOCC(CC)(COOCC=C)COC(=O)NCc1ccc(CN=COOCOC(=O)NCC)cc1.O.O. The van der Waals surface area contributed by atoms with E-state index >= 15 is 0 Å². The molecule has 0 radical (unpaired) electrons. The van der Waals surface area contributed by atoms with E-state index in [4.69, 9.17) is 53.5 Å². The smallest absolute Gasteiger partial charge is 0.409 e. The number of aliphatic carboxylic acids is 1. The van der Waals surface area contributed by atoms with Gasteiger partial charge in [0, 0.05) is 37.9 Å². The van der Waals surface area contributed by atoms with Crippen molar-refractivity contribution >= 4 is 55.0 Å². The number of carboxylic acids is 1. The Morgan fingerprint density at radius 2 is 0.944 bits per heavy atom. The first-order valence-corrected chi connectivity index (χ1v) is 28.0. The highest BCUT2D eigenvalue weighted by Crippen LogP contribution is 2.33. The number of hydrogen-bond acceptors (Lipinski definition) is 22. The molecule has 0 fully saturated rings. The summed E-state index contributed by atoms with van der Waals surface area (Å²) >= 11 is 0. The summed E-state index contributed by atoms with van der Waals surface area (Å²) in [6.45, 7) is 23.6. The van der Waals surface area contributed by atoms with Crippen LogP contribution in [0.5, 0.6) is 0 Å². The van der Waals surface area contributed by atoms with Crippen molar-refractivity contribution in [3.05, 3.63) is 157 Å². The molecular formula is C62H88N6O22. The number of carbonyl (C=O) groups is 6. The summed E-state index contributed by atoms with van der Waals surface area (Å²) in [6, 6.07) is 22.6. The van der Waals surface area contributed by atoms with Crippen LogP contribution in [-0.4, -0.2) is 137 Å². The first-order chi connectivity index (χ1) is 42.6. The van der Waals surface area contributed by atoms with E-state index in [9.17, 15) is 33.9 Å². The molecule has 3 amide bonds. The van der Waals surface area contributed by atoms with Gasteiger partial charge >= 0.3 is 24.2 Å². The Morgan fingerprint density at radius 1 is 0.522 bits per heavy atom. The fourth-order valence-corrected chi connectivity index (χ4v) is 7.01. The third-order valence-electron chi connectivity index (χ3n) is 12.5. The van der Waals surface area contributed by atoms with Gasteiger partial charge < -0.3 is 60.9 Å². The molecule has 0 heterocycles. The van der Waals surface area contributed by atoms with E-state index in [1.165, 1.54) is 12.2 Å². The number of aliphatic imine (C=N–C) groups is 3. The summed E-state index contributed by atoms with van der Waals surface area (Å²) in [4.78, 5) is 133. The van der Waals surface area contributed by atoms with Gasteiger partial charge in [0.25, 0.3) is 0 Å². The van der Waals surface area contributed by atoms with Crippen LogP contribution in [0.15, 0.2) is 138 Å². The molecule has 3 rings (SSSR count). The van der Waals surface area contributed by atoms with Crippen LogP contribution >= 0.6 is 0 Å². The molecule has 1 unspecified atom stereocenters. The highest BCUT2D eigenvalue weighted by molar-refractivity contribution is 5.92. The molecule has 28 nitrogen and oxygen atoms in total. The van der Waals surface area contributed by atoms with Gasteiger partial charge in [0.15, 0.2) is 11.6 Å². The summed E-state index contributed by atoms with van der Waals surface area (Å²) in [5.41, 5.74) is 4.15. The molecule has 28 heteroatoms. The Morgan fingerprint density at radius 3 is 1.39 bits per heavy atom. The Hall–Kier alpha value is -8.71. The molecular weight excluding hydrogens is 1180 g/mol. The first kappa shape index (κ1) is 81.3. The number of rotatable bonds is 47. The number of amides is 3. The van der Waals surface area contributed by atoms with Gasteiger partial charge in [-0.3, -0.25) is 29.4 Å². The van der Waals surface area contributed by atoms with Crippen LogP contribution in [-0.2, 0) is 110 Å². The number of benzene rings is 3. The summed E-state index contributed by atoms with van der Waals surface area (Å²) in [5, 5.41) is 17.2. The average molecular weight is 1270 g/mol. The van der Waals surface area contributed by atoms with Crippen LogP contribution in [0.2, 0.25) is 0 Å². The third-order valence-corrected chi connectivity index (χ3v) is 12.5. The molecule has 0 aliphatic carbocycles. The van der Waals surface area contributed by atoms with Crippen LogP contribution in [0.4, 0.5) is 14.4 Å². The van der Waals surface area contributed by atoms with Crippen molar-refractivity contribution in [1.82, 2.24) is 16.0 Å². The predicted molar refractivity (Wildman–Crippen MR) is 331 cm³/mol. The molecule has 8 N–H and O–H groups in total. The molecule has 498 valence electrons. The number of carboxylic acid groups (broad SMARTS) is 1. The zero-order chi connectivity index (χ0) is 64.5. The minimum atomic E-state index is -1.11. The molecule has 1 atom stereocenters. The Balaban J connectivity index is 0.00000177. The maximum absolute atomic E-state index is 12.3. The molecule has 3 aromatic carbocycles. The quantitative estimate of drug-likeness (QED) is 0.00483. The monoisotopic (exact) mass is 1270 g/mol. The number of hydrogen-bond donors (Lipinski definition) is 4. The van der Waals surface area contributed by atoms with E-state index in [-0.39, 0.29) is 115 Å². The fourth-order valence-electron chi connectivity index (χ4n) is 7.01. The van der Waals surface area contributed by atoms with Gasteiger partial charge in [0.05, 0.1) is 50.8 Å². The van der Waals surface area contributed by atoms with Crippen LogP contribution in [0.25, 0.3) is 0 Å². The summed E-state index contributed by atoms with van der Waals surface area (Å²) in [6.07, 6.45) is 8.33. The highest BCUT2D eigenvalue weighted by atomic mass is 17.2. The van der Waals surface area contributed by atoms with Crippen molar-refractivity contribution < 1.29 is 108 Å². The van der Waals surface area contributed by atoms with Gasteiger partial charge in [-0.05, 0) is 73.1 Å². The van der Waals surface area contributed by atoms with E-state index in [0.717, 1.165) is 52.6 Å². The lowest BCUT2D eigenvalue weighted by Gasteiger charge is -2.30. The lowest BCUT2D eigenvalue weighted by atomic mass is 9.77. The second-order valence-electron chi connectivity index (χ2n) is 19.3. The average Bonchev–Trinajstić information content (AvgIpc) is 1.76. The second kappa shape index (κ2) is 50.2.